The van der Waals surface area contributed by atoms with E-state index in [4.69, 9.17) is 4.74 Å². The van der Waals surface area contributed by atoms with Gasteiger partial charge in [0.1, 0.15) is 5.82 Å². The third kappa shape index (κ3) is 4.82. The van der Waals surface area contributed by atoms with Crippen LogP contribution in [0.4, 0.5) is 23.7 Å². The Morgan fingerprint density at radius 3 is 2.55 bits per heavy atom. The van der Waals surface area contributed by atoms with E-state index in [0.29, 0.717) is 11.8 Å². The molecular formula is C26H25F3N2O2. The molecule has 4 nitrogen and oxygen atoms in total. The van der Waals surface area contributed by atoms with E-state index in [0.717, 1.165) is 36.5 Å². The topological polar surface area (TPSA) is 50.4 Å². The number of fused-ring (bicyclic) bond motifs is 1. The van der Waals surface area contributed by atoms with Gasteiger partial charge in [0.2, 0.25) is 5.72 Å². The first kappa shape index (κ1) is 22.7. The number of rotatable bonds is 6. The molecule has 4 rings (SSSR count). The average molecular weight is 454 g/mol. The van der Waals surface area contributed by atoms with Crippen LogP contribution in [0.15, 0.2) is 66.7 Å². The number of nitrogens with one attached hydrogen (secondary N) is 2. The lowest BCUT2D eigenvalue weighted by atomic mass is 9.88. The van der Waals surface area contributed by atoms with E-state index in [1.165, 1.54) is 0 Å². The van der Waals surface area contributed by atoms with Crippen molar-refractivity contribution in [2.45, 2.75) is 44.4 Å². The maximum Gasteiger partial charge on any atom is 0.410 e. The van der Waals surface area contributed by atoms with Crippen LogP contribution in [0.25, 0.3) is 0 Å². The molecular weight excluding hydrogens is 429 g/mol. The van der Waals surface area contributed by atoms with Crippen molar-refractivity contribution in [3.05, 3.63) is 101 Å². The number of ether oxygens (including phenoxy) is 1. The summed E-state index contributed by atoms with van der Waals surface area (Å²) in [6, 6.07) is 17.5. The molecule has 0 heterocycles. The predicted molar refractivity (Wildman–Crippen MR) is 120 cm³/mol. The first-order chi connectivity index (χ1) is 15.9. The predicted octanol–water partition coefficient (Wildman–Crippen LogP) is 6.58. The number of amides is 1. The maximum atomic E-state index is 14.9. The average Bonchev–Trinajstić information content (AvgIpc) is 2.82. The Labute approximate surface area is 190 Å². The first-order valence-corrected chi connectivity index (χ1v) is 11.0. The van der Waals surface area contributed by atoms with Crippen LogP contribution in [0.1, 0.15) is 48.9 Å². The van der Waals surface area contributed by atoms with Crippen LogP contribution >= 0.6 is 0 Å². The van der Waals surface area contributed by atoms with E-state index in [9.17, 15) is 18.0 Å². The summed E-state index contributed by atoms with van der Waals surface area (Å²) < 4.78 is 48.9. The highest BCUT2D eigenvalue weighted by Crippen LogP contribution is 2.36. The molecule has 172 valence electrons. The Bertz CT molecular complexity index is 1140. The van der Waals surface area contributed by atoms with Crippen molar-refractivity contribution < 1.29 is 22.7 Å². The molecule has 0 fully saturated rings. The van der Waals surface area contributed by atoms with Crippen molar-refractivity contribution in [1.29, 1.82) is 0 Å². The van der Waals surface area contributed by atoms with Crippen LogP contribution in [-0.2, 0) is 16.9 Å². The zero-order chi connectivity index (χ0) is 23.4. The van der Waals surface area contributed by atoms with Gasteiger partial charge in [0.05, 0.1) is 11.6 Å². The third-order valence-corrected chi connectivity index (χ3v) is 5.97. The second kappa shape index (κ2) is 9.57. The van der Waals surface area contributed by atoms with E-state index in [1.807, 2.05) is 24.3 Å². The Balaban J connectivity index is 1.67. The molecule has 0 aliphatic heterocycles. The molecule has 2 N–H and O–H groups in total. The monoisotopic (exact) mass is 454 g/mol. The van der Waals surface area contributed by atoms with Gasteiger partial charge in [-0.15, -0.1) is 0 Å². The van der Waals surface area contributed by atoms with E-state index in [-0.39, 0.29) is 12.5 Å². The summed E-state index contributed by atoms with van der Waals surface area (Å²) in [5, 5.41) is 5.84. The highest BCUT2D eigenvalue weighted by molar-refractivity contribution is 5.69. The molecule has 1 amide bonds. The lowest BCUT2D eigenvalue weighted by Crippen LogP contribution is -2.44. The van der Waals surface area contributed by atoms with E-state index in [2.05, 4.69) is 10.6 Å². The molecule has 33 heavy (non-hydrogen) atoms. The Morgan fingerprint density at radius 2 is 1.79 bits per heavy atom. The van der Waals surface area contributed by atoms with Crippen LogP contribution in [0.5, 0.6) is 0 Å². The summed E-state index contributed by atoms with van der Waals surface area (Å²) in [4.78, 5) is 13.1. The second-order valence-corrected chi connectivity index (χ2v) is 8.10. The Morgan fingerprint density at radius 1 is 1.06 bits per heavy atom. The van der Waals surface area contributed by atoms with Gasteiger partial charge >= 0.3 is 6.09 Å². The van der Waals surface area contributed by atoms with Crippen molar-refractivity contribution in [3.63, 3.8) is 0 Å². The number of alkyl carbamates (subject to hydrolysis) is 1. The summed E-state index contributed by atoms with van der Waals surface area (Å²) in [6.45, 7) is 1.64. The number of carbonyl (C=O) groups is 1. The van der Waals surface area contributed by atoms with Crippen LogP contribution in [0, 0.1) is 17.5 Å². The summed E-state index contributed by atoms with van der Waals surface area (Å²) in [5.74, 6) is -3.61. The quantitative estimate of drug-likeness (QED) is 0.327. The molecule has 3 aromatic carbocycles. The highest BCUT2D eigenvalue weighted by atomic mass is 19.2. The molecule has 0 bridgehead atoms. The van der Waals surface area contributed by atoms with Crippen molar-refractivity contribution in [2.24, 2.45) is 0 Å². The van der Waals surface area contributed by atoms with Crippen LogP contribution < -0.4 is 10.6 Å². The molecule has 2 atom stereocenters. The fourth-order valence-electron chi connectivity index (χ4n) is 4.34. The molecule has 0 saturated heterocycles. The molecule has 2 unspecified atom stereocenters. The lowest BCUT2D eigenvalue weighted by molar-refractivity contribution is 0.0206. The van der Waals surface area contributed by atoms with Gasteiger partial charge < -0.3 is 15.4 Å². The number of hydrogen-bond acceptors (Lipinski definition) is 3. The summed E-state index contributed by atoms with van der Waals surface area (Å²) in [6.07, 6.45) is 1.74. The minimum Gasteiger partial charge on any atom is -0.418 e. The molecule has 1 aliphatic rings. The molecule has 0 spiro atoms. The zero-order valence-corrected chi connectivity index (χ0v) is 18.2. The van der Waals surface area contributed by atoms with E-state index in [1.54, 1.807) is 37.3 Å². The van der Waals surface area contributed by atoms with Gasteiger partial charge in [-0.2, -0.15) is 0 Å². The second-order valence-electron chi connectivity index (χ2n) is 8.10. The number of anilines is 1. The fourth-order valence-corrected chi connectivity index (χ4v) is 4.34. The number of hydrogen-bond donors (Lipinski definition) is 2. The minimum atomic E-state index is -1.84. The zero-order valence-electron chi connectivity index (χ0n) is 18.2. The number of benzene rings is 3. The molecule has 0 radical (unpaired) electrons. The summed E-state index contributed by atoms with van der Waals surface area (Å²) in [5.41, 5.74) is 0.384. The van der Waals surface area contributed by atoms with Crippen LogP contribution in [0.3, 0.4) is 0 Å². The lowest BCUT2D eigenvalue weighted by Gasteiger charge is -2.36. The standard InChI is InChI=1S/C26H25F3N2O2/c1-2-26(31-19-11-4-3-5-12-19,21-15-18(27)16-22(28)24(21)29)33-25(32)30-23-14-8-10-17-9-6-7-13-20(17)23/h3-7,9,11-13,15-16,23,31H,2,8,10,14H2,1H3,(H,30,32). The minimum absolute atomic E-state index is 0.0103. The molecule has 0 aromatic heterocycles. The van der Waals surface area contributed by atoms with Gasteiger partial charge in [-0.25, -0.2) is 18.0 Å². The van der Waals surface area contributed by atoms with E-state index < -0.39 is 34.8 Å². The van der Waals surface area contributed by atoms with Gasteiger partial charge in [-0.05, 0) is 48.6 Å². The van der Waals surface area contributed by atoms with Crippen molar-refractivity contribution in [3.8, 4) is 0 Å². The number of para-hydroxylation sites is 1. The van der Waals surface area contributed by atoms with Crippen molar-refractivity contribution in [1.82, 2.24) is 5.32 Å². The number of halogens is 3. The van der Waals surface area contributed by atoms with Gasteiger partial charge in [-0.3, -0.25) is 0 Å². The molecule has 0 saturated carbocycles. The van der Waals surface area contributed by atoms with Gasteiger partial charge in [0.15, 0.2) is 11.6 Å². The fraction of sp³-hybridized carbons (Fsp3) is 0.269. The Kier molecular flexibility index (Phi) is 6.58. The van der Waals surface area contributed by atoms with Gasteiger partial charge in [0, 0.05) is 18.2 Å². The summed E-state index contributed by atoms with van der Waals surface area (Å²) >= 11 is 0. The largest absolute Gasteiger partial charge is 0.418 e. The highest BCUT2D eigenvalue weighted by Gasteiger charge is 2.40. The SMILES string of the molecule is CCC(Nc1ccccc1)(OC(=O)NC1CCCc2ccccc21)c1cc(F)cc(F)c1F. The molecule has 3 aromatic rings. The van der Waals surface area contributed by atoms with Gasteiger partial charge in [-0.1, -0.05) is 49.4 Å². The Hall–Kier alpha value is -3.48. The number of carbonyl (C=O) groups excluding carboxylic acids is 1. The van der Waals surface area contributed by atoms with Gasteiger partial charge in [0.25, 0.3) is 0 Å². The van der Waals surface area contributed by atoms with E-state index >= 15 is 0 Å². The van der Waals surface area contributed by atoms with Crippen LogP contribution in [0.2, 0.25) is 0 Å². The van der Waals surface area contributed by atoms with Crippen molar-refractivity contribution >= 4 is 11.8 Å². The number of aryl methyl sites for hydroxylation is 1. The summed E-state index contributed by atoms with van der Waals surface area (Å²) in [7, 11) is 0. The molecule has 7 heteroatoms. The van der Waals surface area contributed by atoms with Crippen LogP contribution in [-0.4, -0.2) is 6.09 Å². The first-order valence-electron chi connectivity index (χ1n) is 11.0. The normalized spacial score (nSPS) is 16.9. The molecule has 1 aliphatic carbocycles. The maximum absolute atomic E-state index is 14.9. The smallest absolute Gasteiger partial charge is 0.410 e. The van der Waals surface area contributed by atoms with Crippen molar-refractivity contribution in [2.75, 3.05) is 5.32 Å². The third-order valence-electron chi connectivity index (χ3n) is 5.97.